The van der Waals surface area contributed by atoms with E-state index in [1.807, 2.05) is 36.4 Å². The molecule has 1 N–H and O–H groups in total. The Bertz CT molecular complexity index is 601. The number of methoxy groups -OCH3 is 1. The van der Waals surface area contributed by atoms with Crippen molar-refractivity contribution in [3.8, 4) is 5.75 Å². The Kier molecular flexibility index (Phi) is 5.92. The number of rotatable bonds is 6. The lowest BCUT2D eigenvalue weighted by atomic mass is 9.98. The lowest BCUT2D eigenvalue weighted by Gasteiger charge is -2.20. The first kappa shape index (κ1) is 16.2. The fourth-order valence-electron chi connectivity index (χ4n) is 2.33. The molecule has 0 aliphatic heterocycles. The highest BCUT2D eigenvalue weighted by atomic mass is 35.5. The van der Waals surface area contributed by atoms with Crippen molar-refractivity contribution in [3.63, 3.8) is 0 Å². The SMILES string of the molecule is CCNC(Cc1ccccc1Cl)c1ccc(Cl)c(OC)c1. The first-order valence-corrected chi connectivity index (χ1v) is 7.71. The Morgan fingerprint density at radius 3 is 2.52 bits per heavy atom. The van der Waals surface area contributed by atoms with Crippen molar-refractivity contribution in [2.75, 3.05) is 13.7 Å². The molecule has 0 saturated heterocycles. The molecule has 0 radical (unpaired) electrons. The summed E-state index contributed by atoms with van der Waals surface area (Å²) < 4.78 is 5.30. The van der Waals surface area contributed by atoms with Gasteiger partial charge in [-0.15, -0.1) is 0 Å². The molecule has 0 aromatic heterocycles. The van der Waals surface area contributed by atoms with Crippen LogP contribution in [0.2, 0.25) is 10.0 Å². The molecule has 2 nitrogen and oxygen atoms in total. The maximum absolute atomic E-state index is 6.27. The highest BCUT2D eigenvalue weighted by molar-refractivity contribution is 6.32. The summed E-state index contributed by atoms with van der Waals surface area (Å²) in [6.45, 7) is 2.97. The van der Waals surface area contributed by atoms with Gasteiger partial charge in [-0.05, 0) is 42.3 Å². The molecular weight excluding hydrogens is 305 g/mol. The molecule has 0 fully saturated rings. The highest BCUT2D eigenvalue weighted by Crippen LogP contribution is 2.30. The van der Waals surface area contributed by atoms with Gasteiger partial charge in [-0.1, -0.05) is 54.4 Å². The van der Waals surface area contributed by atoms with E-state index in [0.717, 1.165) is 29.1 Å². The number of benzene rings is 2. The van der Waals surface area contributed by atoms with Crippen molar-refractivity contribution >= 4 is 23.2 Å². The maximum Gasteiger partial charge on any atom is 0.137 e. The zero-order chi connectivity index (χ0) is 15.2. The van der Waals surface area contributed by atoms with Crippen LogP contribution in [0.25, 0.3) is 0 Å². The van der Waals surface area contributed by atoms with Gasteiger partial charge in [-0.25, -0.2) is 0 Å². The predicted octanol–water partition coefficient (Wildman–Crippen LogP) is 4.90. The topological polar surface area (TPSA) is 21.3 Å². The van der Waals surface area contributed by atoms with Gasteiger partial charge in [0.25, 0.3) is 0 Å². The van der Waals surface area contributed by atoms with Gasteiger partial charge in [0.1, 0.15) is 5.75 Å². The van der Waals surface area contributed by atoms with Gasteiger partial charge in [0.2, 0.25) is 0 Å². The predicted molar refractivity (Wildman–Crippen MR) is 89.6 cm³/mol. The van der Waals surface area contributed by atoms with Gasteiger partial charge in [-0.3, -0.25) is 0 Å². The quantitative estimate of drug-likeness (QED) is 0.816. The largest absolute Gasteiger partial charge is 0.495 e. The fourth-order valence-corrected chi connectivity index (χ4v) is 2.74. The number of nitrogens with one attached hydrogen (secondary N) is 1. The van der Waals surface area contributed by atoms with Crippen LogP contribution in [-0.4, -0.2) is 13.7 Å². The van der Waals surface area contributed by atoms with Crippen LogP contribution in [0.15, 0.2) is 42.5 Å². The maximum atomic E-state index is 6.27. The van der Waals surface area contributed by atoms with E-state index < -0.39 is 0 Å². The molecule has 0 heterocycles. The molecular formula is C17H19Cl2NO. The second-order valence-electron chi connectivity index (χ2n) is 4.80. The average molecular weight is 324 g/mol. The Morgan fingerprint density at radius 1 is 1.10 bits per heavy atom. The van der Waals surface area contributed by atoms with E-state index in [1.165, 1.54) is 0 Å². The van der Waals surface area contributed by atoms with Crippen LogP contribution < -0.4 is 10.1 Å². The molecule has 21 heavy (non-hydrogen) atoms. The molecule has 0 aliphatic carbocycles. The summed E-state index contributed by atoms with van der Waals surface area (Å²) in [6.07, 6.45) is 0.818. The van der Waals surface area contributed by atoms with E-state index in [9.17, 15) is 0 Å². The Hall–Kier alpha value is -1.22. The first-order chi connectivity index (χ1) is 10.2. The van der Waals surface area contributed by atoms with Crippen molar-refractivity contribution in [2.45, 2.75) is 19.4 Å². The lowest BCUT2D eigenvalue weighted by molar-refractivity contribution is 0.413. The molecule has 2 aromatic carbocycles. The van der Waals surface area contributed by atoms with Crippen molar-refractivity contribution in [2.24, 2.45) is 0 Å². The van der Waals surface area contributed by atoms with Gasteiger partial charge < -0.3 is 10.1 Å². The Morgan fingerprint density at radius 2 is 1.86 bits per heavy atom. The van der Waals surface area contributed by atoms with Gasteiger partial charge in [0.05, 0.1) is 12.1 Å². The normalized spacial score (nSPS) is 12.2. The zero-order valence-corrected chi connectivity index (χ0v) is 13.7. The Labute approximate surface area is 136 Å². The fraction of sp³-hybridized carbons (Fsp3) is 0.294. The van der Waals surface area contributed by atoms with E-state index in [0.29, 0.717) is 10.8 Å². The molecule has 4 heteroatoms. The number of hydrogen-bond donors (Lipinski definition) is 1. The summed E-state index contributed by atoms with van der Waals surface area (Å²) in [5.41, 5.74) is 2.26. The van der Waals surface area contributed by atoms with Crippen LogP contribution in [0.1, 0.15) is 24.1 Å². The molecule has 1 unspecified atom stereocenters. The van der Waals surface area contributed by atoms with Crippen molar-refractivity contribution in [1.82, 2.24) is 5.32 Å². The van der Waals surface area contributed by atoms with Crippen LogP contribution in [0.5, 0.6) is 5.75 Å². The molecule has 2 aromatic rings. The number of ether oxygens (including phenoxy) is 1. The molecule has 0 amide bonds. The van der Waals surface area contributed by atoms with E-state index in [4.69, 9.17) is 27.9 Å². The van der Waals surface area contributed by atoms with Crippen LogP contribution in [0.4, 0.5) is 0 Å². The van der Waals surface area contributed by atoms with Crippen molar-refractivity contribution < 1.29 is 4.74 Å². The summed E-state index contributed by atoms with van der Waals surface area (Å²) in [5, 5.41) is 4.90. The van der Waals surface area contributed by atoms with Crippen LogP contribution in [-0.2, 0) is 6.42 Å². The monoisotopic (exact) mass is 323 g/mol. The highest BCUT2D eigenvalue weighted by Gasteiger charge is 2.14. The van der Waals surface area contributed by atoms with E-state index in [1.54, 1.807) is 7.11 Å². The third-order valence-electron chi connectivity index (χ3n) is 3.41. The summed E-state index contributed by atoms with van der Waals surface area (Å²) >= 11 is 12.4. The summed E-state index contributed by atoms with van der Waals surface area (Å²) in [6, 6.07) is 14.0. The van der Waals surface area contributed by atoms with E-state index in [-0.39, 0.29) is 6.04 Å². The van der Waals surface area contributed by atoms with Crippen LogP contribution >= 0.6 is 23.2 Å². The van der Waals surface area contributed by atoms with Gasteiger partial charge in [-0.2, -0.15) is 0 Å². The summed E-state index contributed by atoms with van der Waals surface area (Å²) in [4.78, 5) is 0. The number of likely N-dealkylation sites (N-methyl/N-ethyl adjacent to an activating group) is 1. The molecule has 0 aliphatic rings. The number of halogens is 2. The lowest BCUT2D eigenvalue weighted by Crippen LogP contribution is -2.23. The van der Waals surface area contributed by atoms with E-state index >= 15 is 0 Å². The third kappa shape index (κ3) is 4.13. The molecule has 0 bridgehead atoms. The smallest absolute Gasteiger partial charge is 0.137 e. The number of hydrogen-bond acceptors (Lipinski definition) is 2. The summed E-state index contributed by atoms with van der Waals surface area (Å²) in [5.74, 6) is 0.691. The molecule has 0 saturated carbocycles. The zero-order valence-electron chi connectivity index (χ0n) is 12.2. The summed E-state index contributed by atoms with van der Waals surface area (Å²) in [7, 11) is 1.63. The van der Waals surface area contributed by atoms with Gasteiger partial charge in [0, 0.05) is 11.1 Å². The molecule has 112 valence electrons. The minimum Gasteiger partial charge on any atom is -0.495 e. The first-order valence-electron chi connectivity index (χ1n) is 6.96. The van der Waals surface area contributed by atoms with Gasteiger partial charge >= 0.3 is 0 Å². The van der Waals surface area contributed by atoms with E-state index in [2.05, 4.69) is 18.3 Å². The average Bonchev–Trinajstić information content (AvgIpc) is 2.49. The molecule has 0 spiro atoms. The molecule has 1 atom stereocenters. The minimum atomic E-state index is 0.168. The van der Waals surface area contributed by atoms with Crippen LogP contribution in [0.3, 0.4) is 0 Å². The third-order valence-corrected chi connectivity index (χ3v) is 4.09. The standard InChI is InChI=1S/C17H19Cl2NO/c1-3-20-16(10-12-6-4-5-7-14(12)18)13-8-9-15(19)17(11-13)21-2/h4-9,11,16,20H,3,10H2,1-2H3. The van der Waals surface area contributed by atoms with Gasteiger partial charge in [0.15, 0.2) is 0 Å². The molecule has 2 rings (SSSR count). The minimum absolute atomic E-state index is 0.168. The second-order valence-corrected chi connectivity index (χ2v) is 5.61. The Balaban J connectivity index is 2.28. The van der Waals surface area contributed by atoms with Crippen LogP contribution in [0, 0.1) is 0 Å². The second kappa shape index (κ2) is 7.69. The van der Waals surface area contributed by atoms with Crippen molar-refractivity contribution in [1.29, 1.82) is 0 Å². The van der Waals surface area contributed by atoms with Crippen molar-refractivity contribution in [3.05, 3.63) is 63.6 Å².